The number of benzene rings is 1. The molecule has 0 radical (unpaired) electrons. The zero-order valence-electron chi connectivity index (χ0n) is 13.4. The van der Waals surface area contributed by atoms with Crippen LogP contribution in [0.25, 0.3) is 0 Å². The molecule has 0 fully saturated rings. The number of carbonyl (C=O) groups is 2. The average molecular weight is 313 g/mol. The van der Waals surface area contributed by atoms with Crippen molar-refractivity contribution >= 4 is 17.5 Å². The highest BCUT2D eigenvalue weighted by atomic mass is 16.2. The Morgan fingerprint density at radius 3 is 2.43 bits per heavy atom. The third-order valence-electron chi connectivity index (χ3n) is 3.41. The summed E-state index contributed by atoms with van der Waals surface area (Å²) < 4.78 is 1.38. The van der Waals surface area contributed by atoms with Gasteiger partial charge in [-0.2, -0.15) is 0 Å². The number of carbonyl (C=O) groups excluding carboxylic acids is 2. The van der Waals surface area contributed by atoms with Gasteiger partial charge in [-0.25, -0.2) is 0 Å². The predicted molar refractivity (Wildman–Crippen MR) is 88.5 cm³/mol. The Morgan fingerprint density at radius 1 is 1.17 bits per heavy atom. The van der Waals surface area contributed by atoms with Crippen LogP contribution in [-0.2, 0) is 11.8 Å². The van der Waals surface area contributed by atoms with Crippen molar-refractivity contribution in [2.24, 2.45) is 7.05 Å². The number of anilines is 1. The molecule has 2 aromatic rings. The number of likely N-dealkylation sites (N-methyl/N-ethyl adjacent to an activating group) is 1. The van der Waals surface area contributed by atoms with Gasteiger partial charge >= 0.3 is 0 Å². The Morgan fingerprint density at radius 2 is 1.83 bits per heavy atom. The molecule has 0 aliphatic rings. The van der Waals surface area contributed by atoms with Gasteiger partial charge in [0.05, 0.1) is 6.54 Å². The number of rotatable bonds is 4. The van der Waals surface area contributed by atoms with Gasteiger partial charge < -0.3 is 14.8 Å². The van der Waals surface area contributed by atoms with Gasteiger partial charge in [0.15, 0.2) is 0 Å². The third-order valence-corrected chi connectivity index (χ3v) is 3.41. The molecular formula is C17H19N3O3. The highest BCUT2D eigenvalue weighted by molar-refractivity contribution is 5.99. The first-order valence-electron chi connectivity index (χ1n) is 7.15. The quantitative estimate of drug-likeness (QED) is 0.927. The standard InChI is InChI=1S/C17H19N3O3/c1-12-4-6-14(7-5-12)18-15(21)11-20(3)17(23)13-8-9-19(2)16(22)10-13/h4-10H,11H2,1-3H3,(H,18,21). The highest BCUT2D eigenvalue weighted by Crippen LogP contribution is 2.08. The summed E-state index contributed by atoms with van der Waals surface area (Å²) >= 11 is 0. The van der Waals surface area contributed by atoms with Crippen LogP contribution in [-0.4, -0.2) is 34.9 Å². The second-order valence-electron chi connectivity index (χ2n) is 5.44. The molecule has 0 unspecified atom stereocenters. The number of amides is 2. The SMILES string of the molecule is Cc1ccc(NC(=O)CN(C)C(=O)c2ccn(C)c(=O)c2)cc1. The van der Waals surface area contributed by atoms with Crippen molar-refractivity contribution in [2.45, 2.75) is 6.92 Å². The molecular weight excluding hydrogens is 294 g/mol. The molecule has 0 aliphatic heterocycles. The molecule has 2 amide bonds. The fourth-order valence-corrected chi connectivity index (χ4v) is 2.03. The lowest BCUT2D eigenvalue weighted by molar-refractivity contribution is -0.116. The molecule has 1 heterocycles. The lowest BCUT2D eigenvalue weighted by Crippen LogP contribution is -2.35. The van der Waals surface area contributed by atoms with Gasteiger partial charge in [-0.3, -0.25) is 14.4 Å². The first-order chi connectivity index (χ1) is 10.9. The number of nitrogens with one attached hydrogen (secondary N) is 1. The van der Waals surface area contributed by atoms with Crippen LogP contribution >= 0.6 is 0 Å². The molecule has 0 aliphatic carbocycles. The summed E-state index contributed by atoms with van der Waals surface area (Å²) in [5, 5.41) is 2.73. The molecule has 120 valence electrons. The summed E-state index contributed by atoms with van der Waals surface area (Å²) in [5.41, 5.74) is 1.77. The fraction of sp³-hybridized carbons (Fsp3) is 0.235. The largest absolute Gasteiger partial charge is 0.332 e. The smallest absolute Gasteiger partial charge is 0.254 e. The maximum atomic E-state index is 12.2. The van der Waals surface area contributed by atoms with Gasteiger partial charge in [0.25, 0.3) is 11.5 Å². The highest BCUT2D eigenvalue weighted by Gasteiger charge is 2.15. The Bertz CT molecular complexity index is 778. The molecule has 1 aromatic carbocycles. The number of nitrogens with zero attached hydrogens (tertiary/aromatic N) is 2. The Balaban J connectivity index is 1.99. The van der Waals surface area contributed by atoms with Gasteiger partial charge in [0, 0.05) is 37.6 Å². The van der Waals surface area contributed by atoms with Gasteiger partial charge in [0.1, 0.15) is 0 Å². The minimum atomic E-state index is -0.373. The van der Waals surface area contributed by atoms with Gasteiger partial charge in [-0.15, -0.1) is 0 Å². The van der Waals surface area contributed by atoms with E-state index in [1.807, 2.05) is 19.1 Å². The van der Waals surface area contributed by atoms with E-state index in [1.165, 1.54) is 28.8 Å². The van der Waals surface area contributed by atoms with Crippen LogP contribution in [0.2, 0.25) is 0 Å². The van der Waals surface area contributed by atoms with Crippen molar-refractivity contribution in [2.75, 3.05) is 18.9 Å². The summed E-state index contributed by atoms with van der Waals surface area (Å²) in [6.07, 6.45) is 1.52. The van der Waals surface area contributed by atoms with E-state index in [2.05, 4.69) is 5.32 Å². The number of hydrogen-bond donors (Lipinski definition) is 1. The second-order valence-corrected chi connectivity index (χ2v) is 5.44. The first-order valence-corrected chi connectivity index (χ1v) is 7.15. The van der Waals surface area contributed by atoms with Crippen molar-refractivity contribution in [3.05, 3.63) is 64.1 Å². The summed E-state index contributed by atoms with van der Waals surface area (Å²) in [7, 11) is 3.13. The van der Waals surface area contributed by atoms with E-state index >= 15 is 0 Å². The summed E-state index contributed by atoms with van der Waals surface area (Å²) in [4.78, 5) is 37.1. The van der Waals surface area contributed by atoms with E-state index in [0.717, 1.165) is 5.56 Å². The molecule has 6 nitrogen and oxygen atoms in total. The number of aryl methyl sites for hydroxylation is 2. The summed E-state index contributed by atoms with van der Waals surface area (Å²) in [6.45, 7) is 1.87. The normalized spacial score (nSPS) is 10.2. The molecule has 6 heteroatoms. The third kappa shape index (κ3) is 4.29. The topological polar surface area (TPSA) is 71.4 Å². The lowest BCUT2D eigenvalue weighted by atomic mass is 10.2. The molecule has 0 atom stereocenters. The molecule has 1 aromatic heterocycles. The second kappa shape index (κ2) is 6.91. The Labute approximate surface area is 134 Å². The van der Waals surface area contributed by atoms with E-state index in [9.17, 15) is 14.4 Å². The van der Waals surface area contributed by atoms with E-state index in [-0.39, 0.29) is 29.5 Å². The van der Waals surface area contributed by atoms with Crippen LogP contribution in [0.5, 0.6) is 0 Å². The van der Waals surface area contributed by atoms with Crippen molar-refractivity contribution in [1.82, 2.24) is 9.47 Å². The van der Waals surface area contributed by atoms with E-state index in [4.69, 9.17) is 0 Å². The van der Waals surface area contributed by atoms with Crippen LogP contribution in [0, 0.1) is 6.92 Å². The maximum Gasteiger partial charge on any atom is 0.254 e. The van der Waals surface area contributed by atoms with E-state index in [0.29, 0.717) is 5.69 Å². The van der Waals surface area contributed by atoms with Crippen LogP contribution in [0.3, 0.4) is 0 Å². The van der Waals surface area contributed by atoms with E-state index in [1.54, 1.807) is 25.2 Å². The minimum absolute atomic E-state index is 0.0953. The van der Waals surface area contributed by atoms with Crippen LogP contribution in [0.15, 0.2) is 47.4 Å². The molecule has 2 rings (SSSR count). The molecule has 0 saturated heterocycles. The number of pyridine rings is 1. The van der Waals surface area contributed by atoms with Crippen molar-refractivity contribution < 1.29 is 9.59 Å². The van der Waals surface area contributed by atoms with Crippen molar-refractivity contribution in [1.29, 1.82) is 0 Å². The maximum absolute atomic E-state index is 12.2. The number of hydrogen-bond acceptors (Lipinski definition) is 3. The first kappa shape index (κ1) is 16.5. The number of aromatic nitrogens is 1. The van der Waals surface area contributed by atoms with Crippen molar-refractivity contribution in [3.8, 4) is 0 Å². The summed E-state index contributed by atoms with van der Waals surface area (Å²) in [5.74, 6) is -0.671. The molecule has 0 bridgehead atoms. The molecule has 1 N–H and O–H groups in total. The fourth-order valence-electron chi connectivity index (χ4n) is 2.03. The van der Waals surface area contributed by atoms with E-state index < -0.39 is 0 Å². The van der Waals surface area contributed by atoms with Gasteiger partial charge in [-0.05, 0) is 25.1 Å². The predicted octanol–water partition coefficient (Wildman–Crippen LogP) is 1.40. The Kier molecular flexibility index (Phi) is 4.95. The minimum Gasteiger partial charge on any atom is -0.332 e. The van der Waals surface area contributed by atoms with Crippen LogP contribution in [0.4, 0.5) is 5.69 Å². The monoisotopic (exact) mass is 313 g/mol. The zero-order valence-corrected chi connectivity index (χ0v) is 13.4. The van der Waals surface area contributed by atoms with Crippen molar-refractivity contribution in [3.63, 3.8) is 0 Å². The molecule has 23 heavy (non-hydrogen) atoms. The van der Waals surface area contributed by atoms with Crippen LogP contribution < -0.4 is 10.9 Å². The van der Waals surface area contributed by atoms with Gasteiger partial charge in [-0.1, -0.05) is 17.7 Å². The summed E-state index contributed by atoms with van der Waals surface area (Å²) in [6, 6.07) is 10.2. The molecule has 0 saturated carbocycles. The zero-order chi connectivity index (χ0) is 17.0. The molecule has 0 spiro atoms. The lowest BCUT2D eigenvalue weighted by Gasteiger charge is -2.17. The average Bonchev–Trinajstić information content (AvgIpc) is 2.51. The van der Waals surface area contributed by atoms with Crippen LogP contribution in [0.1, 0.15) is 15.9 Å². The Hall–Kier alpha value is -2.89. The van der Waals surface area contributed by atoms with Gasteiger partial charge in [0.2, 0.25) is 5.91 Å².